The monoisotopic (exact) mass is 351 g/mol. The maximum atomic E-state index is 6.20. The second-order valence-corrected chi connectivity index (χ2v) is 6.05. The van der Waals surface area contributed by atoms with Crippen LogP contribution in [-0.2, 0) is 0 Å². The summed E-state index contributed by atoms with van der Waals surface area (Å²) in [6.07, 6.45) is 0. The quantitative estimate of drug-likeness (QED) is 0.524. The normalized spacial score (nSPS) is 11.0. The van der Waals surface area contributed by atoms with Gasteiger partial charge in [-0.2, -0.15) is 4.98 Å². The van der Waals surface area contributed by atoms with E-state index in [1.807, 2.05) is 49.4 Å². The largest absolute Gasteiger partial charge is 0.480 e. The highest BCUT2D eigenvalue weighted by Crippen LogP contribution is 2.33. The van der Waals surface area contributed by atoms with E-state index in [1.165, 1.54) is 0 Å². The Labute approximate surface area is 149 Å². The SMILES string of the molecule is COc1nc2cc(C)ccc2cc1-c1noc(-c2ccccc2Cl)n1. The van der Waals surface area contributed by atoms with Gasteiger partial charge in [-0.25, -0.2) is 4.98 Å². The second-order valence-electron chi connectivity index (χ2n) is 5.64. The zero-order valence-electron chi connectivity index (χ0n) is 13.7. The number of fused-ring (bicyclic) bond motifs is 1. The lowest BCUT2D eigenvalue weighted by molar-refractivity contribution is 0.399. The van der Waals surface area contributed by atoms with Gasteiger partial charge in [-0.05, 0) is 36.8 Å². The molecular formula is C19H14ClN3O2. The van der Waals surface area contributed by atoms with Crippen molar-refractivity contribution in [3.63, 3.8) is 0 Å². The smallest absolute Gasteiger partial charge is 0.259 e. The minimum absolute atomic E-state index is 0.353. The van der Waals surface area contributed by atoms with Gasteiger partial charge in [-0.3, -0.25) is 0 Å². The molecule has 0 bridgehead atoms. The molecule has 0 fully saturated rings. The number of pyridine rings is 1. The first-order valence-electron chi connectivity index (χ1n) is 7.70. The van der Waals surface area contributed by atoms with Crippen LogP contribution in [0.2, 0.25) is 5.02 Å². The molecule has 4 rings (SSSR count). The lowest BCUT2D eigenvalue weighted by Crippen LogP contribution is -1.94. The number of rotatable bonds is 3. The lowest BCUT2D eigenvalue weighted by Gasteiger charge is -2.07. The van der Waals surface area contributed by atoms with E-state index >= 15 is 0 Å². The summed E-state index contributed by atoms with van der Waals surface area (Å²) in [4.78, 5) is 9.02. The van der Waals surface area contributed by atoms with Gasteiger partial charge in [-0.1, -0.05) is 41.0 Å². The van der Waals surface area contributed by atoms with Crippen molar-refractivity contribution in [1.82, 2.24) is 15.1 Å². The molecule has 25 heavy (non-hydrogen) atoms. The fourth-order valence-electron chi connectivity index (χ4n) is 2.65. The first kappa shape index (κ1) is 15.6. The summed E-state index contributed by atoms with van der Waals surface area (Å²) in [5.41, 5.74) is 3.35. The minimum atomic E-state index is 0.353. The Morgan fingerprint density at radius 1 is 1.00 bits per heavy atom. The van der Waals surface area contributed by atoms with E-state index in [0.29, 0.717) is 33.7 Å². The minimum Gasteiger partial charge on any atom is -0.480 e. The Balaban J connectivity index is 1.85. The molecule has 0 N–H and O–H groups in total. The summed E-state index contributed by atoms with van der Waals surface area (Å²) in [5.74, 6) is 1.21. The zero-order valence-corrected chi connectivity index (χ0v) is 14.4. The van der Waals surface area contributed by atoms with Crippen LogP contribution in [0.15, 0.2) is 53.1 Å². The van der Waals surface area contributed by atoms with E-state index in [0.717, 1.165) is 16.5 Å². The Morgan fingerprint density at radius 2 is 1.84 bits per heavy atom. The van der Waals surface area contributed by atoms with Gasteiger partial charge >= 0.3 is 0 Å². The fourth-order valence-corrected chi connectivity index (χ4v) is 2.87. The van der Waals surface area contributed by atoms with E-state index in [9.17, 15) is 0 Å². The first-order valence-corrected chi connectivity index (χ1v) is 8.08. The van der Waals surface area contributed by atoms with Crippen LogP contribution in [-0.4, -0.2) is 22.2 Å². The number of hydrogen-bond acceptors (Lipinski definition) is 5. The van der Waals surface area contributed by atoms with E-state index in [2.05, 4.69) is 15.1 Å². The molecule has 0 amide bonds. The van der Waals surface area contributed by atoms with E-state index < -0.39 is 0 Å². The molecule has 0 aliphatic rings. The van der Waals surface area contributed by atoms with Crippen molar-refractivity contribution in [2.45, 2.75) is 6.92 Å². The predicted octanol–water partition coefficient (Wildman–Crippen LogP) is 4.92. The number of benzene rings is 2. The Morgan fingerprint density at radius 3 is 2.64 bits per heavy atom. The van der Waals surface area contributed by atoms with Crippen LogP contribution in [0.25, 0.3) is 33.7 Å². The third-order valence-corrected chi connectivity index (χ3v) is 4.23. The van der Waals surface area contributed by atoms with Crippen LogP contribution >= 0.6 is 11.6 Å². The topological polar surface area (TPSA) is 61.0 Å². The molecule has 6 heteroatoms. The summed E-state index contributed by atoms with van der Waals surface area (Å²) in [6.45, 7) is 2.02. The van der Waals surface area contributed by atoms with Crippen LogP contribution in [0.4, 0.5) is 0 Å². The van der Waals surface area contributed by atoms with Crippen molar-refractivity contribution in [3.8, 4) is 28.7 Å². The maximum absolute atomic E-state index is 6.20. The van der Waals surface area contributed by atoms with Crippen molar-refractivity contribution in [1.29, 1.82) is 0 Å². The van der Waals surface area contributed by atoms with Crippen LogP contribution in [0.5, 0.6) is 5.88 Å². The van der Waals surface area contributed by atoms with Gasteiger partial charge < -0.3 is 9.26 Å². The third-order valence-electron chi connectivity index (χ3n) is 3.90. The second kappa shape index (κ2) is 6.18. The molecule has 0 spiro atoms. The lowest BCUT2D eigenvalue weighted by atomic mass is 10.1. The molecule has 0 aliphatic carbocycles. The number of nitrogens with zero attached hydrogens (tertiary/aromatic N) is 3. The van der Waals surface area contributed by atoms with Gasteiger partial charge in [0.1, 0.15) is 0 Å². The van der Waals surface area contributed by atoms with Crippen LogP contribution in [0.1, 0.15) is 5.56 Å². The fraction of sp³-hybridized carbons (Fsp3) is 0.105. The highest BCUT2D eigenvalue weighted by molar-refractivity contribution is 6.33. The molecule has 2 heterocycles. The Kier molecular flexibility index (Phi) is 3.86. The standard InChI is InChI=1S/C19H14ClN3O2/c1-11-7-8-12-10-14(18(24-2)21-16(12)9-11)17-22-19(25-23-17)13-5-3-4-6-15(13)20/h3-10H,1-2H3. The summed E-state index contributed by atoms with van der Waals surface area (Å²) >= 11 is 6.20. The Bertz CT molecular complexity index is 1080. The van der Waals surface area contributed by atoms with Crippen LogP contribution < -0.4 is 4.74 Å². The van der Waals surface area contributed by atoms with Crippen LogP contribution in [0, 0.1) is 6.92 Å². The van der Waals surface area contributed by atoms with Crippen molar-refractivity contribution < 1.29 is 9.26 Å². The van der Waals surface area contributed by atoms with Crippen molar-refractivity contribution in [3.05, 3.63) is 59.1 Å². The van der Waals surface area contributed by atoms with Gasteiger partial charge in [0.15, 0.2) is 0 Å². The molecule has 0 atom stereocenters. The number of aromatic nitrogens is 3. The van der Waals surface area contributed by atoms with Crippen molar-refractivity contribution in [2.24, 2.45) is 0 Å². The average Bonchev–Trinajstić information content (AvgIpc) is 3.10. The van der Waals surface area contributed by atoms with E-state index in [1.54, 1.807) is 13.2 Å². The highest BCUT2D eigenvalue weighted by atomic mass is 35.5. The van der Waals surface area contributed by atoms with E-state index in [4.69, 9.17) is 20.9 Å². The van der Waals surface area contributed by atoms with Gasteiger partial charge in [0, 0.05) is 5.39 Å². The predicted molar refractivity (Wildman–Crippen MR) is 96.8 cm³/mol. The molecular weight excluding hydrogens is 338 g/mol. The molecule has 0 aliphatic heterocycles. The summed E-state index contributed by atoms with van der Waals surface area (Å²) in [5, 5.41) is 5.60. The third kappa shape index (κ3) is 2.83. The molecule has 5 nitrogen and oxygen atoms in total. The summed E-state index contributed by atoms with van der Waals surface area (Å²) in [7, 11) is 1.57. The Hall–Kier alpha value is -2.92. The van der Waals surface area contributed by atoms with E-state index in [-0.39, 0.29) is 0 Å². The first-order chi connectivity index (χ1) is 12.2. The number of aryl methyl sites for hydroxylation is 1. The maximum Gasteiger partial charge on any atom is 0.259 e. The number of hydrogen-bond donors (Lipinski definition) is 0. The number of halogens is 1. The summed E-state index contributed by atoms with van der Waals surface area (Å²) in [6, 6.07) is 15.3. The highest BCUT2D eigenvalue weighted by Gasteiger charge is 2.18. The molecule has 0 unspecified atom stereocenters. The molecule has 2 aromatic carbocycles. The van der Waals surface area contributed by atoms with Gasteiger partial charge in [0.05, 0.1) is 28.8 Å². The molecule has 0 saturated heterocycles. The van der Waals surface area contributed by atoms with Gasteiger partial charge in [0.2, 0.25) is 11.7 Å². The van der Waals surface area contributed by atoms with Gasteiger partial charge in [0.25, 0.3) is 5.89 Å². The summed E-state index contributed by atoms with van der Waals surface area (Å²) < 4.78 is 10.8. The number of ether oxygens (including phenoxy) is 1. The average molecular weight is 352 g/mol. The van der Waals surface area contributed by atoms with Crippen molar-refractivity contribution >= 4 is 22.5 Å². The molecule has 2 aromatic heterocycles. The number of methoxy groups -OCH3 is 1. The van der Waals surface area contributed by atoms with Crippen LogP contribution in [0.3, 0.4) is 0 Å². The molecule has 4 aromatic rings. The van der Waals surface area contributed by atoms with Crippen molar-refractivity contribution in [2.75, 3.05) is 7.11 Å². The molecule has 124 valence electrons. The molecule has 0 radical (unpaired) electrons. The zero-order chi connectivity index (χ0) is 17.4. The van der Waals surface area contributed by atoms with Gasteiger partial charge in [-0.15, -0.1) is 0 Å². The molecule has 0 saturated carbocycles.